The van der Waals surface area contributed by atoms with Crippen LogP contribution in [-0.2, 0) is 4.79 Å². The number of carbonyl (C=O) groups is 3. The third-order valence-corrected chi connectivity index (χ3v) is 6.76. The molecular weight excluding hydrogens is 458 g/mol. The van der Waals surface area contributed by atoms with Gasteiger partial charge < -0.3 is 26.4 Å². The Labute approximate surface area is 211 Å². The van der Waals surface area contributed by atoms with E-state index >= 15 is 0 Å². The molecule has 0 aromatic heterocycles. The fourth-order valence-corrected chi connectivity index (χ4v) is 4.87. The molecule has 1 aliphatic heterocycles. The quantitative estimate of drug-likeness (QED) is 0.482. The Hall–Kier alpha value is -3.59. The first-order valence-corrected chi connectivity index (χ1v) is 12.5. The molecule has 0 spiro atoms. The topological polar surface area (TPSA) is 126 Å². The minimum absolute atomic E-state index is 0.0624. The standard InChI is InChI=1S/C27H35N5O4/c1-16(2)13-24-26(34)31-22-14-17(25(33)30-21-10-5-4-9-20(21)28)11-12-23(22)32(24)27(35)29-18-7-6-8-19(15-18)36-3/h6-8,11-12,14-16,20-21,24H,4-5,9-10,13,28H2,1-3H3,(H,29,35)(H,30,33)(H,31,34). The molecule has 5 N–H and O–H groups in total. The molecule has 0 bridgehead atoms. The number of rotatable bonds is 6. The molecule has 9 nitrogen and oxygen atoms in total. The number of nitrogens with zero attached hydrogens (tertiary/aromatic N) is 1. The van der Waals surface area contributed by atoms with Crippen molar-refractivity contribution in [3.05, 3.63) is 48.0 Å². The molecule has 1 fully saturated rings. The molecule has 1 heterocycles. The Morgan fingerprint density at radius 2 is 1.94 bits per heavy atom. The van der Waals surface area contributed by atoms with Crippen LogP contribution in [0.5, 0.6) is 5.75 Å². The highest BCUT2D eigenvalue weighted by Crippen LogP contribution is 2.35. The van der Waals surface area contributed by atoms with E-state index in [1.165, 1.54) is 4.90 Å². The van der Waals surface area contributed by atoms with Crippen LogP contribution in [-0.4, -0.2) is 43.1 Å². The zero-order valence-corrected chi connectivity index (χ0v) is 21.0. The van der Waals surface area contributed by atoms with E-state index in [0.717, 1.165) is 25.7 Å². The molecule has 2 aromatic rings. The number of amides is 4. The maximum Gasteiger partial charge on any atom is 0.327 e. The lowest BCUT2D eigenvalue weighted by Crippen LogP contribution is -2.53. The number of urea groups is 1. The summed E-state index contributed by atoms with van der Waals surface area (Å²) in [6, 6.07) is 10.8. The molecule has 192 valence electrons. The van der Waals surface area contributed by atoms with Crippen LogP contribution in [0.4, 0.5) is 21.9 Å². The van der Waals surface area contributed by atoms with Gasteiger partial charge in [0.05, 0.1) is 18.5 Å². The van der Waals surface area contributed by atoms with Crippen molar-refractivity contribution in [2.45, 2.75) is 64.1 Å². The highest BCUT2D eigenvalue weighted by Gasteiger charge is 2.38. The normalized spacial score (nSPS) is 21.4. The Morgan fingerprint density at radius 1 is 1.17 bits per heavy atom. The van der Waals surface area contributed by atoms with Gasteiger partial charge in [0.25, 0.3) is 5.91 Å². The molecule has 36 heavy (non-hydrogen) atoms. The first kappa shape index (κ1) is 25.5. The molecule has 9 heteroatoms. The lowest BCUT2D eigenvalue weighted by molar-refractivity contribution is -0.117. The average Bonchev–Trinajstić information content (AvgIpc) is 2.85. The number of hydrogen-bond donors (Lipinski definition) is 4. The highest BCUT2D eigenvalue weighted by molar-refractivity contribution is 6.15. The number of nitrogens with one attached hydrogen (secondary N) is 3. The number of anilines is 3. The van der Waals surface area contributed by atoms with Crippen molar-refractivity contribution in [1.82, 2.24) is 5.32 Å². The van der Waals surface area contributed by atoms with E-state index in [9.17, 15) is 14.4 Å². The van der Waals surface area contributed by atoms with Gasteiger partial charge in [0.2, 0.25) is 5.91 Å². The van der Waals surface area contributed by atoms with Crippen LogP contribution in [0.2, 0.25) is 0 Å². The SMILES string of the molecule is COc1cccc(NC(=O)N2c3ccc(C(=O)NC4CCCCC4N)cc3NC(=O)C2CC(C)C)c1. The fourth-order valence-electron chi connectivity index (χ4n) is 4.87. The van der Waals surface area contributed by atoms with Crippen molar-refractivity contribution in [3.8, 4) is 5.75 Å². The zero-order chi connectivity index (χ0) is 25.8. The Bertz CT molecular complexity index is 1130. The molecule has 0 saturated heterocycles. The van der Waals surface area contributed by atoms with Crippen molar-refractivity contribution in [2.24, 2.45) is 11.7 Å². The van der Waals surface area contributed by atoms with E-state index in [2.05, 4.69) is 16.0 Å². The van der Waals surface area contributed by atoms with Crippen LogP contribution >= 0.6 is 0 Å². The summed E-state index contributed by atoms with van der Waals surface area (Å²) in [6.07, 6.45) is 4.33. The monoisotopic (exact) mass is 493 g/mol. The van der Waals surface area contributed by atoms with Gasteiger partial charge in [-0.3, -0.25) is 14.5 Å². The van der Waals surface area contributed by atoms with Crippen LogP contribution in [0.15, 0.2) is 42.5 Å². The first-order chi connectivity index (χ1) is 17.3. The molecule has 0 radical (unpaired) electrons. The van der Waals surface area contributed by atoms with Crippen molar-refractivity contribution >= 4 is 34.9 Å². The van der Waals surface area contributed by atoms with E-state index < -0.39 is 12.1 Å². The number of carbonyl (C=O) groups excluding carboxylic acids is 3. The lowest BCUT2D eigenvalue weighted by atomic mass is 9.91. The van der Waals surface area contributed by atoms with Crippen molar-refractivity contribution < 1.29 is 19.1 Å². The number of methoxy groups -OCH3 is 1. The second-order valence-corrected chi connectivity index (χ2v) is 9.93. The van der Waals surface area contributed by atoms with Gasteiger partial charge in [-0.25, -0.2) is 4.79 Å². The highest BCUT2D eigenvalue weighted by atomic mass is 16.5. The third kappa shape index (κ3) is 5.62. The maximum absolute atomic E-state index is 13.5. The van der Waals surface area contributed by atoms with Crippen molar-refractivity contribution in [2.75, 3.05) is 22.6 Å². The molecule has 4 amide bonds. The Kier molecular flexibility index (Phi) is 7.79. The second-order valence-electron chi connectivity index (χ2n) is 9.93. The summed E-state index contributed by atoms with van der Waals surface area (Å²) >= 11 is 0. The molecule has 3 unspecified atom stereocenters. The predicted octanol–water partition coefficient (Wildman–Crippen LogP) is 4.10. The average molecular weight is 494 g/mol. The number of hydrogen-bond acceptors (Lipinski definition) is 5. The largest absolute Gasteiger partial charge is 0.497 e. The van der Waals surface area contributed by atoms with Gasteiger partial charge in [0.15, 0.2) is 0 Å². The molecule has 1 saturated carbocycles. The Balaban J connectivity index is 1.61. The van der Waals surface area contributed by atoms with E-state index in [1.807, 2.05) is 13.8 Å². The van der Waals surface area contributed by atoms with Crippen molar-refractivity contribution in [3.63, 3.8) is 0 Å². The molecule has 1 aliphatic carbocycles. The van der Waals surface area contributed by atoms with E-state index in [0.29, 0.717) is 34.8 Å². The maximum atomic E-state index is 13.5. The minimum Gasteiger partial charge on any atom is -0.497 e. The summed E-state index contributed by atoms with van der Waals surface area (Å²) in [4.78, 5) is 41.1. The van der Waals surface area contributed by atoms with Gasteiger partial charge in [0, 0.05) is 29.4 Å². The fraction of sp³-hybridized carbons (Fsp3) is 0.444. The molecular formula is C27H35N5O4. The van der Waals surface area contributed by atoms with E-state index in [4.69, 9.17) is 10.5 Å². The summed E-state index contributed by atoms with van der Waals surface area (Å²) in [5.41, 5.74) is 8.10. The summed E-state index contributed by atoms with van der Waals surface area (Å²) in [5.74, 6) is 0.255. The van der Waals surface area contributed by atoms with Gasteiger partial charge in [-0.2, -0.15) is 0 Å². The summed E-state index contributed by atoms with van der Waals surface area (Å²) < 4.78 is 5.25. The van der Waals surface area contributed by atoms with Crippen LogP contribution in [0, 0.1) is 5.92 Å². The van der Waals surface area contributed by atoms with Crippen LogP contribution in [0.3, 0.4) is 0 Å². The van der Waals surface area contributed by atoms with Gasteiger partial charge in [-0.15, -0.1) is 0 Å². The summed E-state index contributed by atoms with van der Waals surface area (Å²) in [5, 5.41) is 8.82. The molecule has 2 aromatic carbocycles. The second kappa shape index (κ2) is 11.0. The smallest absolute Gasteiger partial charge is 0.327 e. The lowest BCUT2D eigenvalue weighted by Gasteiger charge is -2.37. The predicted molar refractivity (Wildman–Crippen MR) is 141 cm³/mol. The van der Waals surface area contributed by atoms with Crippen molar-refractivity contribution in [1.29, 1.82) is 0 Å². The molecule has 2 aliphatic rings. The summed E-state index contributed by atoms with van der Waals surface area (Å²) in [6.45, 7) is 4.01. The number of fused-ring (bicyclic) bond motifs is 1. The van der Waals surface area contributed by atoms with Crippen LogP contribution in [0.25, 0.3) is 0 Å². The molecule has 3 atom stereocenters. The van der Waals surface area contributed by atoms with Gasteiger partial charge in [0.1, 0.15) is 11.8 Å². The number of ether oxygens (including phenoxy) is 1. The van der Waals surface area contributed by atoms with Crippen LogP contribution in [0.1, 0.15) is 56.3 Å². The first-order valence-electron chi connectivity index (χ1n) is 12.5. The van der Waals surface area contributed by atoms with Gasteiger partial charge >= 0.3 is 6.03 Å². The van der Waals surface area contributed by atoms with E-state index in [1.54, 1.807) is 49.6 Å². The summed E-state index contributed by atoms with van der Waals surface area (Å²) in [7, 11) is 1.56. The number of nitrogens with two attached hydrogens (primary N) is 1. The minimum atomic E-state index is -0.692. The Morgan fingerprint density at radius 3 is 2.67 bits per heavy atom. The van der Waals surface area contributed by atoms with Gasteiger partial charge in [-0.1, -0.05) is 32.8 Å². The van der Waals surface area contributed by atoms with Crippen LogP contribution < -0.4 is 31.3 Å². The van der Waals surface area contributed by atoms with E-state index in [-0.39, 0.29) is 29.8 Å². The zero-order valence-electron chi connectivity index (χ0n) is 21.0. The number of benzene rings is 2. The molecule has 4 rings (SSSR count). The van der Waals surface area contributed by atoms with Gasteiger partial charge in [-0.05, 0) is 55.5 Å². The third-order valence-electron chi connectivity index (χ3n) is 6.76.